The summed E-state index contributed by atoms with van der Waals surface area (Å²) in [6.45, 7) is 7.43. The number of ether oxygens (including phenoxy) is 1. The van der Waals surface area contributed by atoms with E-state index in [1.807, 2.05) is 63.2 Å². The number of methoxy groups -OCH3 is 1. The largest absolute Gasteiger partial charge is 0.496 e. The van der Waals surface area contributed by atoms with Crippen LogP contribution >= 0.6 is 0 Å². The molecule has 0 saturated carbocycles. The van der Waals surface area contributed by atoms with Crippen LogP contribution in [0.2, 0.25) is 0 Å². The zero-order chi connectivity index (χ0) is 23.8. The molecular weight excluding hydrogens is 432 g/mol. The van der Waals surface area contributed by atoms with Gasteiger partial charge >= 0.3 is 5.76 Å². The summed E-state index contributed by atoms with van der Waals surface area (Å²) in [4.78, 5) is 17.9. The number of rotatable bonds is 7. The first-order valence-electron chi connectivity index (χ1n) is 11.2. The number of aryl methyl sites for hydroxylation is 2. The van der Waals surface area contributed by atoms with E-state index in [1.54, 1.807) is 11.7 Å². The Hall–Kier alpha value is -3.91. The van der Waals surface area contributed by atoms with Gasteiger partial charge in [-0.1, -0.05) is 42.4 Å². The number of benzene rings is 2. The molecule has 0 spiro atoms. The Bertz CT molecular complexity index is 1530. The van der Waals surface area contributed by atoms with E-state index in [9.17, 15) is 4.79 Å². The molecule has 0 saturated heterocycles. The number of nitrogens with one attached hydrogen (secondary N) is 1. The Kier molecular flexibility index (Phi) is 5.67. The van der Waals surface area contributed by atoms with E-state index in [-0.39, 0.29) is 0 Å². The molecule has 34 heavy (non-hydrogen) atoms. The quantitative estimate of drug-likeness (QED) is 0.381. The van der Waals surface area contributed by atoms with Gasteiger partial charge in [0, 0.05) is 17.5 Å². The highest BCUT2D eigenvalue weighted by Crippen LogP contribution is 2.39. The number of hydrogen-bond acceptors (Lipinski definition) is 7. The molecule has 0 unspecified atom stereocenters. The fourth-order valence-electron chi connectivity index (χ4n) is 4.42. The number of pyridine rings is 1. The van der Waals surface area contributed by atoms with Gasteiger partial charge in [0.25, 0.3) is 0 Å². The molecule has 174 valence electrons. The van der Waals surface area contributed by atoms with Gasteiger partial charge in [-0.15, -0.1) is 0 Å². The molecule has 0 bridgehead atoms. The number of oxazole rings is 1. The van der Waals surface area contributed by atoms with Crippen LogP contribution in [0, 0.1) is 13.8 Å². The predicted octanol–water partition coefficient (Wildman–Crippen LogP) is 4.58. The molecule has 0 aliphatic rings. The van der Waals surface area contributed by atoms with Gasteiger partial charge in [0.1, 0.15) is 17.0 Å². The number of nitrogens with zero attached hydrogens (tertiary/aromatic N) is 3. The van der Waals surface area contributed by atoms with E-state index in [0.29, 0.717) is 41.4 Å². The fourth-order valence-corrected chi connectivity index (χ4v) is 4.42. The summed E-state index contributed by atoms with van der Waals surface area (Å²) in [5.74, 6) is 0.928. The van der Waals surface area contributed by atoms with Crippen molar-refractivity contribution in [3.05, 3.63) is 75.7 Å². The number of aromatic nitrogens is 3. The van der Waals surface area contributed by atoms with Crippen molar-refractivity contribution < 1.29 is 13.7 Å². The lowest BCUT2D eigenvalue weighted by atomic mass is 10.00. The van der Waals surface area contributed by atoms with E-state index in [1.165, 1.54) is 0 Å². The third-order valence-electron chi connectivity index (χ3n) is 6.01. The molecule has 3 heterocycles. The zero-order valence-corrected chi connectivity index (χ0v) is 19.6. The van der Waals surface area contributed by atoms with Crippen molar-refractivity contribution >= 4 is 22.0 Å². The summed E-state index contributed by atoms with van der Waals surface area (Å²) in [6, 6.07) is 13.7. The van der Waals surface area contributed by atoms with Crippen molar-refractivity contribution in [2.75, 3.05) is 13.7 Å². The molecule has 5 aromatic rings. The minimum atomic E-state index is -0.417. The average molecular weight is 459 g/mol. The van der Waals surface area contributed by atoms with Gasteiger partial charge in [0.05, 0.1) is 36.1 Å². The Labute approximate surface area is 196 Å². The lowest BCUT2D eigenvalue weighted by Crippen LogP contribution is -2.15. The highest BCUT2D eigenvalue weighted by atomic mass is 16.5. The van der Waals surface area contributed by atoms with Crippen LogP contribution in [0.4, 0.5) is 0 Å². The first-order valence-corrected chi connectivity index (χ1v) is 11.2. The highest BCUT2D eigenvalue weighted by Gasteiger charge is 2.22. The molecular formula is C26H26N4O4. The van der Waals surface area contributed by atoms with Gasteiger partial charge in [-0.2, -0.15) is 0 Å². The van der Waals surface area contributed by atoms with Crippen molar-refractivity contribution in [2.45, 2.75) is 33.9 Å². The molecule has 0 aliphatic heterocycles. The molecule has 8 heteroatoms. The third kappa shape index (κ3) is 3.66. The topological polar surface area (TPSA) is 95.3 Å². The molecule has 5 rings (SSSR count). The van der Waals surface area contributed by atoms with Gasteiger partial charge in [0.2, 0.25) is 0 Å². The molecule has 0 fully saturated rings. The molecule has 0 atom stereocenters. The summed E-state index contributed by atoms with van der Waals surface area (Å²) in [5.41, 5.74) is 6.10. The van der Waals surface area contributed by atoms with Crippen LogP contribution in [-0.4, -0.2) is 28.4 Å². The first kappa shape index (κ1) is 21.9. The summed E-state index contributed by atoms with van der Waals surface area (Å²) in [7, 11) is 1.62. The minimum Gasteiger partial charge on any atom is -0.496 e. The van der Waals surface area contributed by atoms with Crippen LogP contribution < -0.4 is 15.8 Å². The summed E-state index contributed by atoms with van der Waals surface area (Å²) in [6.07, 6.45) is 0. The molecule has 2 aromatic carbocycles. The van der Waals surface area contributed by atoms with E-state index in [0.717, 1.165) is 39.8 Å². The monoisotopic (exact) mass is 458 g/mol. The third-order valence-corrected chi connectivity index (χ3v) is 6.01. The number of hydrogen-bond donors (Lipinski definition) is 1. The molecule has 3 aromatic heterocycles. The fraction of sp³-hybridized carbons (Fsp3) is 0.269. The normalized spacial score (nSPS) is 11.5. The summed E-state index contributed by atoms with van der Waals surface area (Å²) in [5, 5.41) is 8.18. The van der Waals surface area contributed by atoms with Crippen LogP contribution in [0.1, 0.15) is 29.6 Å². The van der Waals surface area contributed by atoms with Crippen LogP contribution in [0.3, 0.4) is 0 Å². The lowest BCUT2D eigenvalue weighted by molar-refractivity contribution is 0.393. The number of fused-ring (bicyclic) bond motifs is 3. The highest BCUT2D eigenvalue weighted by molar-refractivity contribution is 6.05. The Morgan fingerprint density at radius 2 is 1.94 bits per heavy atom. The van der Waals surface area contributed by atoms with Crippen molar-refractivity contribution in [3.8, 4) is 16.9 Å². The maximum absolute atomic E-state index is 13.0. The molecule has 0 radical (unpaired) electrons. The Balaban J connectivity index is 1.83. The van der Waals surface area contributed by atoms with E-state index >= 15 is 0 Å². The van der Waals surface area contributed by atoms with Gasteiger partial charge in [-0.05, 0) is 38.1 Å². The standard InChI is InChI=1S/C26H26N4O4/c1-5-27-13-21-25-24(30(26(31)33-25)14-17-9-7-6-8-10-17)18-12-22(32-4)19(11-20(18)28-21)23-15(2)29-34-16(23)3/h6-12,27H,5,13-14H2,1-4H3. The van der Waals surface area contributed by atoms with Crippen molar-refractivity contribution in [2.24, 2.45) is 0 Å². The van der Waals surface area contributed by atoms with Crippen LogP contribution in [0.5, 0.6) is 5.75 Å². The van der Waals surface area contributed by atoms with Crippen LogP contribution in [-0.2, 0) is 13.1 Å². The van der Waals surface area contributed by atoms with Gasteiger partial charge in [-0.3, -0.25) is 4.57 Å². The van der Waals surface area contributed by atoms with E-state index < -0.39 is 5.76 Å². The summed E-state index contributed by atoms with van der Waals surface area (Å²) < 4.78 is 18.6. The Morgan fingerprint density at radius 3 is 2.62 bits per heavy atom. The molecule has 1 N–H and O–H groups in total. The van der Waals surface area contributed by atoms with Crippen LogP contribution in [0.25, 0.3) is 33.1 Å². The minimum absolute atomic E-state index is 0.389. The summed E-state index contributed by atoms with van der Waals surface area (Å²) >= 11 is 0. The maximum Gasteiger partial charge on any atom is 0.420 e. The van der Waals surface area contributed by atoms with Gasteiger partial charge in [-0.25, -0.2) is 9.78 Å². The molecule has 0 aliphatic carbocycles. The predicted molar refractivity (Wildman–Crippen MR) is 130 cm³/mol. The zero-order valence-electron chi connectivity index (χ0n) is 19.6. The van der Waals surface area contributed by atoms with Gasteiger partial charge < -0.3 is 19.0 Å². The van der Waals surface area contributed by atoms with Gasteiger partial charge in [0.15, 0.2) is 5.58 Å². The first-order chi connectivity index (χ1) is 16.5. The second kappa shape index (κ2) is 8.79. The second-order valence-electron chi connectivity index (χ2n) is 8.23. The maximum atomic E-state index is 13.0. The lowest BCUT2D eigenvalue weighted by Gasteiger charge is -2.13. The van der Waals surface area contributed by atoms with Crippen molar-refractivity contribution in [3.63, 3.8) is 0 Å². The second-order valence-corrected chi connectivity index (χ2v) is 8.23. The smallest absolute Gasteiger partial charge is 0.420 e. The van der Waals surface area contributed by atoms with Crippen LogP contribution in [0.15, 0.2) is 56.2 Å². The van der Waals surface area contributed by atoms with E-state index in [4.69, 9.17) is 18.7 Å². The molecule has 8 nitrogen and oxygen atoms in total. The van der Waals surface area contributed by atoms with Crippen molar-refractivity contribution in [1.82, 2.24) is 20.0 Å². The van der Waals surface area contributed by atoms with Crippen molar-refractivity contribution in [1.29, 1.82) is 0 Å². The Morgan fingerprint density at radius 1 is 1.15 bits per heavy atom. The SMILES string of the molecule is CCNCc1nc2cc(-c3c(C)noc3C)c(OC)cc2c2c1oc(=O)n2Cc1ccccc1. The van der Waals surface area contributed by atoms with E-state index in [2.05, 4.69) is 10.5 Å². The average Bonchev–Trinajstić information content (AvgIpc) is 3.35. The molecule has 0 amide bonds.